The van der Waals surface area contributed by atoms with Gasteiger partial charge in [-0.05, 0) is 5.56 Å². The molecular formula is C18H16ClN3O. The van der Waals surface area contributed by atoms with Gasteiger partial charge in [0.2, 0.25) is 5.91 Å². The number of imidazole rings is 1. The zero-order valence-corrected chi connectivity index (χ0v) is 13.2. The molecule has 0 aliphatic heterocycles. The smallest absolute Gasteiger partial charge is 0.226 e. The molecule has 1 aromatic heterocycles. The molecule has 4 nitrogen and oxygen atoms in total. The van der Waals surface area contributed by atoms with Gasteiger partial charge in [-0.2, -0.15) is 0 Å². The lowest BCUT2D eigenvalue weighted by atomic mass is 10.2. The summed E-state index contributed by atoms with van der Waals surface area (Å²) in [4.78, 5) is 19.5. The van der Waals surface area contributed by atoms with E-state index in [1.807, 2.05) is 60.7 Å². The molecule has 5 heteroatoms. The van der Waals surface area contributed by atoms with Crippen molar-refractivity contribution in [2.45, 2.75) is 13.0 Å². The van der Waals surface area contributed by atoms with Crippen molar-refractivity contribution in [1.29, 1.82) is 0 Å². The van der Waals surface area contributed by atoms with Crippen LogP contribution in [0.5, 0.6) is 0 Å². The van der Waals surface area contributed by atoms with Crippen molar-refractivity contribution in [3.63, 3.8) is 0 Å². The molecule has 0 saturated heterocycles. The number of benzene rings is 2. The summed E-state index contributed by atoms with van der Waals surface area (Å²) in [5.74, 6) is 0.570. The number of carbonyl (C=O) groups is 1. The number of nitrogens with one attached hydrogen (secondary N) is 2. The summed E-state index contributed by atoms with van der Waals surface area (Å²) in [5.41, 5.74) is 2.61. The van der Waals surface area contributed by atoms with Gasteiger partial charge in [-0.1, -0.05) is 72.3 Å². The number of rotatable bonds is 5. The summed E-state index contributed by atoms with van der Waals surface area (Å²) in [6.45, 7) is 0.497. The Kier molecular flexibility index (Phi) is 4.74. The fourth-order valence-corrected chi connectivity index (χ4v) is 2.46. The predicted molar refractivity (Wildman–Crippen MR) is 91.0 cm³/mol. The molecule has 0 bridgehead atoms. The Morgan fingerprint density at radius 1 is 1.04 bits per heavy atom. The zero-order chi connectivity index (χ0) is 16.1. The van der Waals surface area contributed by atoms with Crippen molar-refractivity contribution in [3.8, 4) is 11.4 Å². The van der Waals surface area contributed by atoms with Crippen LogP contribution in [0.1, 0.15) is 11.3 Å². The quantitative estimate of drug-likeness (QED) is 0.753. The average Bonchev–Trinajstić information content (AvgIpc) is 2.95. The van der Waals surface area contributed by atoms with Crippen LogP contribution in [0.3, 0.4) is 0 Å². The van der Waals surface area contributed by atoms with Gasteiger partial charge in [-0.25, -0.2) is 4.98 Å². The Hall–Kier alpha value is -2.59. The third kappa shape index (κ3) is 3.99. The normalized spacial score (nSPS) is 10.5. The molecule has 0 saturated carbocycles. The molecule has 0 fully saturated rings. The summed E-state index contributed by atoms with van der Waals surface area (Å²) >= 11 is 6.13. The second-order valence-electron chi connectivity index (χ2n) is 5.16. The number of hydrogen-bond acceptors (Lipinski definition) is 2. The number of halogens is 1. The second-order valence-corrected chi connectivity index (χ2v) is 5.52. The van der Waals surface area contributed by atoms with Gasteiger partial charge < -0.3 is 10.3 Å². The first-order valence-electron chi connectivity index (χ1n) is 7.33. The van der Waals surface area contributed by atoms with E-state index in [2.05, 4.69) is 15.3 Å². The monoisotopic (exact) mass is 325 g/mol. The van der Waals surface area contributed by atoms with Gasteiger partial charge in [0.1, 0.15) is 5.82 Å². The molecule has 0 aliphatic rings. The van der Waals surface area contributed by atoms with E-state index in [9.17, 15) is 4.79 Å². The van der Waals surface area contributed by atoms with Crippen molar-refractivity contribution < 1.29 is 4.79 Å². The van der Waals surface area contributed by atoms with Gasteiger partial charge in [0.15, 0.2) is 5.15 Å². The Balaban J connectivity index is 1.64. The highest BCUT2D eigenvalue weighted by Gasteiger charge is 2.13. The standard InChI is InChI=1S/C18H16ClN3O/c19-17-15(21-18(22-17)14-9-5-2-6-10-14)11-16(23)20-12-13-7-3-1-4-8-13/h1-10H,11-12H2,(H,20,23)(H,21,22). The lowest BCUT2D eigenvalue weighted by Gasteiger charge is -2.04. The van der Waals surface area contributed by atoms with Crippen LogP contribution in [-0.2, 0) is 17.8 Å². The molecule has 0 unspecified atom stereocenters. The van der Waals surface area contributed by atoms with Crippen molar-refractivity contribution in [1.82, 2.24) is 15.3 Å². The van der Waals surface area contributed by atoms with Crippen molar-refractivity contribution in [2.75, 3.05) is 0 Å². The van der Waals surface area contributed by atoms with Gasteiger partial charge >= 0.3 is 0 Å². The maximum absolute atomic E-state index is 12.1. The molecular weight excluding hydrogens is 310 g/mol. The van der Waals surface area contributed by atoms with Crippen molar-refractivity contribution in [2.24, 2.45) is 0 Å². The highest BCUT2D eigenvalue weighted by atomic mass is 35.5. The molecule has 3 aromatic rings. The van der Waals surface area contributed by atoms with Gasteiger partial charge in [0, 0.05) is 12.1 Å². The van der Waals surface area contributed by atoms with E-state index >= 15 is 0 Å². The molecule has 1 heterocycles. The van der Waals surface area contributed by atoms with E-state index < -0.39 is 0 Å². The van der Waals surface area contributed by atoms with Crippen LogP contribution in [0.15, 0.2) is 60.7 Å². The zero-order valence-electron chi connectivity index (χ0n) is 12.4. The highest BCUT2D eigenvalue weighted by molar-refractivity contribution is 6.30. The van der Waals surface area contributed by atoms with E-state index in [1.54, 1.807) is 0 Å². The largest absolute Gasteiger partial charge is 0.352 e. The number of hydrogen-bond donors (Lipinski definition) is 2. The van der Waals surface area contributed by atoms with E-state index in [1.165, 1.54) is 0 Å². The first-order chi connectivity index (χ1) is 11.2. The minimum absolute atomic E-state index is 0.0981. The molecule has 0 spiro atoms. The number of amides is 1. The number of nitrogens with zero attached hydrogens (tertiary/aromatic N) is 1. The van der Waals surface area contributed by atoms with Crippen LogP contribution in [0.25, 0.3) is 11.4 Å². The first kappa shape index (κ1) is 15.3. The van der Waals surface area contributed by atoms with E-state index in [0.717, 1.165) is 11.1 Å². The molecule has 0 atom stereocenters. The van der Waals surface area contributed by atoms with Crippen LogP contribution >= 0.6 is 11.6 Å². The second kappa shape index (κ2) is 7.11. The number of aromatic amines is 1. The first-order valence-corrected chi connectivity index (χ1v) is 7.70. The Bertz CT molecular complexity index is 785. The summed E-state index contributed by atoms with van der Waals surface area (Å²) in [7, 11) is 0. The van der Waals surface area contributed by atoms with Gasteiger partial charge in [0.05, 0.1) is 12.1 Å². The van der Waals surface area contributed by atoms with Crippen LogP contribution in [0, 0.1) is 0 Å². The molecule has 2 N–H and O–H groups in total. The van der Waals surface area contributed by atoms with Crippen molar-refractivity contribution >= 4 is 17.5 Å². The Labute approximate surface area is 139 Å². The maximum atomic E-state index is 12.1. The topological polar surface area (TPSA) is 57.8 Å². The van der Waals surface area contributed by atoms with Gasteiger partial charge in [-0.15, -0.1) is 0 Å². The minimum atomic E-state index is -0.0981. The van der Waals surface area contributed by atoms with Crippen LogP contribution in [0.2, 0.25) is 5.15 Å². The van der Waals surface area contributed by atoms with Crippen molar-refractivity contribution in [3.05, 3.63) is 77.1 Å². The maximum Gasteiger partial charge on any atom is 0.226 e. The number of H-pyrrole nitrogens is 1. The summed E-state index contributed by atoms with van der Waals surface area (Å²) in [6, 6.07) is 19.4. The third-order valence-corrected chi connectivity index (χ3v) is 3.76. The van der Waals surface area contributed by atoms with E-state index in [0.29, 0.717) is 23.2 Å². The van der Waals surface area contributed by atoms with E-state index in [-0.39, 0.29) is 12.3 Å². The fraction of sp³-hybridized carbons (Fsp3) is 0.111. The molecule has 1 amide bonds. The summed E-state index contributed by atoms with van der Waals surface area (Å²) in [6.07, 6.45) is 0.172. The lowest BCUT2D eigenvalue weighted by Crippen LogP contribution is -2.24. The van der Waals surface area contributed by atoms with Crippen LogP contribution in [-0.4, -0.2) is 15.9 Å². The molecule has 0 aliphatic carbocycles. The molecule has 2 aromatic carbocycles. The fourth-order valence-electron chi connectivity index (χ4n) is 2.26. The Morgan fingerprint density at radius 2 is 1.70 bits per heavy atom. The SMILES string of the molecule is O=C(Cc1[nH]c(-c2ccccc2)nc1Cl)NCc1ccccc1. The molecule has 0 radical (unpaired) electrons. The molecule has 3 rings (SSSR count). The minimum Gasteiger partial charge on any atom is -0.352 e. The van der Waals surface area contributed by atoms with Crippen LogP contribution in [0.4, 0.5) is 0 Å². The molecule has 23 heavy (non-hydrogen) atoms. The lowest BCUT2D eigenvalue weighted by molar-refractivity contribution is -0.120. The third-order valence-electron chi connectivity index (χ3n) is 3.45. The van der Waals surface area contributed by atoms with E-state index in [4.69, 9.17) is 11.6 Å². The highest BCUT2D eigenvalue weighted by Crippen LogP contribution is 2.21. The average molecular weight is 326 g/mol. The van der Waals surface area contributed by atoms with Gasteiger partial charge in [-0.3, -0.25) is 4.79 Å². The summed E-state index contributed by atoms with van der Waals surface area (Å²) < 4.78 is 0. The molecule has 116 valence electrons. The summed E-state index contributed by atoms with van der Waals surface area (Å²) in [5, 5.41) is 3.21. The number of carbonyl (C=O) groups excluding carboxylic acids is 1. The number of aromatic nitrogens is 2. The predicted octanol–water partition coefficient (Wildman–Crippen LogP) is 3.59. The van der Waals surface area contributed by atoms with Crippen LogP contribution < -0.4 is 5.32 Å². The Morgan fingerprint density at radius 3 is 2.39 bits per heavy atom. The van der Waals surface area contributed by atoms with Gasteiger partial charge in [0.25, 0.3) is 0 Å².